The van der Waals surface area contributed by atoms with Gasteiger partial charge in [-0.2, -0.15) is 5.26 Å². The molecule has 0 saturated carbocycles. The Kier molecular flexibility index (Phi) is 9.05. The van der Waals surface area contributed by atoms with Gasteiger partial charge in [-0.1, -0.05) is 13.3 Å². The Hall–Kier alpha value is -0.590. The SMILES string of the molecule is CCC(C)N(CCCCC(C)(C)C#N)CCOC. The molecule has 0 aliphatic rings. The Labute approximate surface area is 113 Å². The van der Waals surface area contributed by atoms with Gasteiger partial charge in [0.15, 0.2) is 0 Å². The van der Waals surface area contributed by atoms with E-state index < -0.39 is 0 Å². The molecule has 3 nitrogen and oxygen atoms in total. The van der Waals surface area contributed by atoms with E-state index in [9.17, 15) is 0 Å². The largest absolute Gasteiger partial charge is 0.383 e. The highest BCUT2D eigenvalue weighted by Gasteiger charge is 2.16. The average molecular weight is 254 g/mol. The highest BCUT2D eigenvalue weighted by atomic mass is 16.5. The average Bonchev–Trinajstić information content (AvgIpc) is 2.37. The van der Waals surface area contributed by atoms with Crippen LogP contribution in [0, 0.1) is 16.7 Å². The quantitative estimate of drug-likeness (QED) is 0.560. The van der Waals surface area contributed by atoms with Crippen molar-refractivity contribution in [3.05, 3.63) is 0 Å². The van der Waals surface area contributed by atoms with E-state index in [-0.39, 0.29) is 5.41 Å². The van der Waals surface area contributed by atoms with Gasteiger partial charge in [-0.3, -0.25) is 4.90 Å². The van der Waals surface area contributed by atoms with Crippen LogP contribution in [0.5, 0.6) is 0 Å². The first-order valence-corrected chi connectivity index (χ1v) is 7.11. The molecule has 0 N–H and O–H groups in total. The van der Waals surface area contributed by atoms with Gasteiger partial charge in [-0.05, 0) is 46.6 Å². The maximum atomic E-state index is 8.97. The highest BCUT2D eigenvalue weighted by Crippen LogP contribution is 2.21. The van der Waals surface area contributed by atoms with Gasteiger partial charge >= 0.3 is 0 Å². The maximum absolute atomic E-state index is 8.97. The number of ether oxygens (including phenoxy) is 1. The first kappa shape index (κ1) is 17.4. The van der Waals surface area contributed by atoms with Gasteiger partial charge in [0.1, 0.15) is 0 Å². The summed E-state index contributed by atoms with van der Waals surface area (Å²) in [6.45, 7) is 11.5. The van der Waals surface area contributed by atoms with E-state index in [0.29, 0.717) is 6.04 Å². The number of hydrogen-bond donors (Lipinski definition) is 0. The second-order valence-electron chi connectivity index (χ2n) is 5.74. The molecule has 3 heteroatoms. The Morgan fingerprint density at radius 3 is 2.44 bits per heavy atom. The van der Waals surface area contributed by atoms with Gasteiger partial charge in [0.2, 0.25) is 0 Å². The van der Waals surface area contributed by atoms with E-state index >= 15 is 0 Å². The lowest BCUT2D eigenvalue weighted by Crippen LogP contribution is -2.36. The van der Waals surface area contributed by atoms with Crippen LogP contribution in [-0.4, -0.2) is 37.7 Å². The van der Waals surface area contributed by atoms with Crippen molar-refractivity contribution in [1.29, 1.82) is 5.26 Å². The molecule has 0 aromatic carbocycles. The third kappa shape index (κ3) is 7.68. The van der Waals surface area contributed by atoms with E-state index in [0.717, 1.165) is 32.5 Å². The van der Waals surface area contributed by atoms with Gasteiger partial charge in [0, 0.05) is 19.7 Å². The Morgan fingerprint density at radius 1 is 1.28 bits per heavy atom. The Morgan fingerprint density at radius 2 is 1.94 bits per heavy atom. The van der Waals surface area contributed by atoms with E-state index in [1.165, 1.54) is 12.8 Å². The van der Waals surface area contributed by atoms with E-state index in [4.69, 9.17) is 10.00 Å². The fourth-order valence-corrected chi connectivity index (χ4v) is 1.96. The smallest absolute Gasteiger partial charge is 0.0683 e. The van der Waals surface area contributed by atoms with Crippen molar-refractivity contribution >= 4 is 0 Å². The molecule has 1 atom stereocenters. The zero-order valence-corrected chi connectivity index (χ0v) is 12.8. The minimum Gasteiger partial charge on any atom is -0.383 e. The van der Waals surface area contributed by atoms with Crippen molar-refractivity contribution < 1.29 is 4.74 Å². The molecule has 1 unspecified atom stereocenters. The molecule has 0 aliphatic carbocycles. The van der Waals surface area contributed by atoms with E-state index in [1.54, 1.807) is 7.11 Å². The maximum Gasteiger partial charge on any atom is 0.0683 e. The second-order valence-corrected chi connectivity index (χ2v) is 5.74. The van der Waals surface area contributed by atoms with Crippen molar-refractivity contribution in [3.63, 3.8) is 0 Å². The fraction of sp³-hybridized carbons (Fsp3) is 0.933. The summed E-state index contributed by atoms with van der Waals surface area (Å²) in [6.07, 6.45) is 4.45. The standard InChI is InChI=1S/C15H30N2O/c1-6-14(2)17(11-12-18-5)10-8-7-9-15(3,4)13-16/h14H,6-12H2,1-5H3. The van der Waals surface area contributed by atoms with Gasteiger partial charge in [0.05, 0.1) is 18.1 Å². The molecule has 0 fully saturated rings. The summed E-state index contributed by atoms with van der Waals surface area (Å²) >= 11 is 0. The first-order valence-electron chi connectivity index (χ1n) is 7.11. The molecule has 0 radical (unpaired) electrons. The summed E-state index contributed by atoms with van der Waals surface area (Å²) in [5, 5.41) is 8.97. The van der Waals surface area contributed by atoms with Crippen LogP contribution in [0.2, 0.25) is 0 Å². The van der Waals surface area contributed by atoms with Crippen LogP contribution in [0.3, 0.4) is 0 Å². The second kappa shape index (κ2) is 9.35. The molecular weight excluding hydrogens is 224 g/mol. The van der Waals surface area contributed by atoms with Crippen molar-refractivity contribution in [2.75, 3.05) is 26.8 Å². The summed E-state index contributed by atoms with van der Waals surface area (Å²) in [6, 6.07) is 2.98. The Balaban J connectivity index is 3.93. The third-order valence-corrected chi connectivity index (χ3v) is 3.60. The molecule has 106 valence electrons. The zero-order valence-electron chi connectivity index (χ0n) is 12.8. The zero-order chi connectivity index (χ0) is 14.0. The summed E-state index contributed by atoms with van der Waals surface area (Å²) in [7, 11) is 1.75. The number of rotatable bonds is 10. The van der Waals surface area contributed by atoms with Crippen molar-refractivity contribution in [3.8, 4) is 6.07 Å². The molecule has 0 rings (SSSR count). The van der Waals surface area contributed by atoms with Crippen molar-refractivity contribution in [1.82, 2.24) is 4.90 Å². The number of unbranched alkanes of at least 4 members (excludes halogenated alkanes) is 1. The van der Waals surface area contributed by atoms with Gasteiger partial charge in [0.25, 0.3) is 0 Å². The van der Waals surface area contributed by atoms with Crippen LogP contribution in [0.15, 0.2) is 0 Å². The molecule has 0 aromatic heterocycles. The number of nitriles is 1. The summed E-state index contributed by atoms with van der Waals surface area (Å²) in [5.41, 5.74) is -0.173. The molecule has 0 saturated heterocycles. The van der Waals surface area contributed by atoms with Crippen LogP contribution in [0.4, 0.5) is 0 Å². The van der Waals surface area contributed by atoms with Crippen molar-refractivity contribution in [2.24, 2.45) is 5.41 Å². The van der Waals surface area contributed by atoms with Gasteiger partial charge in [-0.25, -0.2) is 0 Å². The molecule has 0 amide bonds. The topological polar surface area (TPSA) is 36.3 Å². The van der Waals surface area contributed by atoms with Crippen LogP contribution in [-0.2, 0) is 4.74 Å². The minimum absolute atomic E-state index is 0.173. The van der Waals surface area contributed by atoms with Crippen LogP contribution in [0.25, 0.3) is 0 Å². The van der Waals surface area contributed by atoms with E-state index in [1.807, 2.05) is 13.8 Å². The molecular formula is C15H30N2O. The lowest BCUT2D eigenvalue weighted by molar-refractivity contribution is 0.121. The predicted octanol–water partition coefficient (Wildman–Crippen LogP) is 3.45. The van der Waals surface area contributed by atoms with Crippen molar-refractivity contribution in [2.45, 2.75) is 59.4 Å². The molecule has 18 heavy (non-hydrogen) atoms. The molecule has 0 spiro atoms. The molecule has 0 bridgehead atoms. The minimum atomic E-state index is -0.173. The summed E-state index contributed by atoms with van der Waals surface area (Å²) < 4.78 is 5.16. The normalized spacial score (nSPS) is 13.6. The number of nitrogens with zero attached hydrogens (tertiary/aromatic N) is 2. The predicted molar refractivity (Wildman–Crippen MR) is 76.4 cm³/mol. The Bertz CT molecular complexity index is 245. The van der Waals surface area contributed by atoms with E-state index in [2.05, 4.69) is 24.8 Å². The third-order valence-electron chi connectivity index (χ3n) is 3.60. The lowest BCUT2D eigenvalue weighted by atomic mass is 9.89. The monoisotopic (exact) mass is 254 g/mol. The van der Waals surface area contributed by atoms with Gasteiger partial charge in [-0.15, -0.1) is 0 Å². The van der Waals surface area contributed by atoms with Crippen LogP contribution >= 0.6 is 0 Å². The summed E-state index contributed by atoms with van der Waals surface area (Å²) in [5.74, 6) is 0. The molecule has 0 aliphatic heterocycles. The number of hydrogen-bond acceptors (Lipinski definition) is 3. The summed E-state index contributed by atoms with van der Waals surface area (Å²) in [4.78, 5) is 2.49. The fourth-order valence-electron chi connectivity index (χ4n) is 1.96. The van der Waals surface area contributed by atoms with Crippen LogP contribution < -0.4 is 0 Å². The highest BCUT2D eigenvalue weighted by molar-refractivity contribution is 4.91. The molecule has 0 aromatic rings. The van der Waals surface area contributed by atoms with Crippen LogP contribution in [0.1, 0.15) is 53.4 Å². The lowest BCUT2D eigenvalue weighted by Gasteiger charge is -2.28. The van der Waals surface area contributed by atoms with Gasteiger partial charge < -0.3 is 4.74 Å². The number of methoxy groups -OCH3 is 1. The first-order chi connectivity index (χ1) is 8.46. The molecule has 0 heterocycles.